The number of hydrogen-bond acceptors (Lipinski definition) is 3. The third kappa shape index (κ3) is 4.21. The minimum atomic E-state index is 0.00301. The molecule has 0 aliphatic carbocycles. The van der Waals surface area contributed by atoms with Crippen molar-refractivity contribution in [2.75, 3.05) is 4.90 Å². The van der Waals surface area contributed by atoms with Crippen LogP contribution in [0.3, 0.4) is 0 Å². The summed E-state index contributed by atoms with van der Waals surface area (Å²) in [5.41, 5.74) is 9.53. The second-order valence-corrected chi connectivity index (χ2v) is 6.07. The number of benzene rings is 2. The fourth-order valence-electron chi connectivity index (χ4n) is 2.68. The van der Waals surface area contributed by atoms with Crippen molar-refractivity contribution in [3.8, 4) is 0 Å². The van der Waals surface area contributed by atoms with E-state index in [2.05, 4.69) is 70.5 Å². The maximum absolute atomic E-state index is 5.93. The molecule has 0 aliphatic rings. The van der Waals surface area contributed by atoms with Gasteiger partial charge in [0.05, 0.1) is 0 Å². The standard InChI is InChI=1S/C21H23N3/c1-17(22)20-12-13-21(23-14-20)24(15-18-8-4-2-5-9-18)16-19-10-6-3-7-11-19/h2-14,17H,15-16,22H2,1H3/t17-/m0/s1. The fraction of sp³-hybridized carbons (Fsp3) is 0.190. The highest BCUT2D eigenvalue weighted by atomic mass is 15.2. The summed E-state index contributed by atoms with van der Waals surface area (Å²) in [6.07, 6.45) is 1.88. The first-order valence-electron chi connectivity index (χ1n) is 8.27. The van der Waals surface area contributed by atoms with Gasteiger partial charge in [0.2, 0.25) is 0 Å². The molecule has 0 radical (unpaired) electrons. The highest BCUT2D eigenvalue weighted by Crippen LogP contribution is 2.20. The third-order valence-corrected chi connectivity index (χ3v) is 4.05. The first-order chi connectivity index (χ1) is 11.7. The number of pyridine rings is 1. The van der Waals surface area contributed by atoms with Gasteiger partial charge in [-0.15, -0.1) is 0 Å². The van der Waals surface area contributed by atoms with Crippen LogP contribution >= 0.6 is 0 Å². The maximum Gasteiger partial charge on any atom is 0.129 e. The first-order valence-corrected chi connectivity index (χ1v) is 8.27. The number of aromatic nitrogens is 1. The summed E-state index contributed by atoms with van der Waals surface area (Å²) >= 11 is 0. The van der Waals surface area contributed by atoms with E-state index >= 15 is 0 Å². The molecular formula is C21H23N3. The molecule has 3 nitrogen and oxygen atoms in total. The van der Waals surface area contributed by atoms with E-state index in [0.29, 0.717) is 0 Å². The highest BCUT2D eigenvalue weighted by molar-refractivity contribution is 5.42. The Morgan fingerprint density at radius 3 is 1.79 bits per heavy atom. The van der Waals surface area contributed by atoms with Crippen LogP contribution in [-0.2, 0) is 13.1 Å². The van der Waals surface area contributed by atoms with Crippen LogP contribution in [0.2, 0.25) is 0 Å². The Hall–Kier alpha value is -2.65. The molecule has 0 fully saturated rings. The lowest BCUT2D eigenvalue weighted by Gasteiger charge is -2.24. The van der Waals surface area contributed by atoms with Crippen LogP contribution in [0.5, 0.6) is 0 Å². The molecule has 0 saturated heterocycles. The molecule has 0 aliphatic heterocycles. The van der Waals surface area contributed by atoms with Crippen molar-refractivity contribution >= 4 is 5.82 Å². The van der Waals surface area contributed by atoms with Crippen LogP contribution < -0.4 is 10.6 Å². The predicted molar refractivity (Wildman–Crippen MR) is 99.6 cm³/mol. The van der Waals surface area contributed by atoms with Crippen LogP contribution in [0.4, 0.5) is 5.82 Å². The minimum Gasteiger partial charge on any atom is -0.348 e. The van der Waals surface area contributed by atoms with Crippen LogP contribution in [-0.4, -0.2) is 4.98 Å². The van der Waals surface area contributed by atoms with Gasteiger partial charge in [0.15, 0.2) is 0 Å². The Morgan fingerprint density at radius 1 is 0.833 bits per heavy atom. The molecule has 1 aromatic heterocycles. The van der Waals surface area contributed by atoms with Gasteiger partial charge >= 0.3 is 0 Å². The van der Waals surface area contributed by atoms with Gasteiger partial charge in [-0.05, 0) is 29.7 Å². The molecule has 0 bridgehead atoms. The third-order valence-electron chi connectivity index (χ3n) is 4.05. The molecule has 24 heavy (non-hydrogen) atoms. The number of anilines is 1. The minimum absolute atomic E-state index is 0.00301. The smallest absolute Gasteiger partial charge is 0.129 e. The molecule has 3 aromatic rings. The molecule has 0 unspecified atom stereocenters. The van der Waals surface area contributed by atoms with Gasteiger partial charge < -0.3 is 10.6 Å². The Balaban J connectivity index is 1.86. The molecule has 0 amide bonds. The van der Waals surface area contributed by atoms with E-state index in [1.165, 1.54) is 11.1 Å². The summed E-state index contributed by atoms with van der Waals surface area (Å²) < 4.78 is 0. The quantitative estimate of drug-likeness (QED) is 0.736. The van der Waals surface area contributed by atoms with Crippen molar-refractivity contribution in [2.45, 2.75) is 26.1 Å². The van der Waals surface area contributed by atoms with Crippen molar-refractivity contribution in [2.24, 2.45) is 5.73 Å². The number of rotatable bonds is 6. The normalized spacial score (nSPS) is 11.9. The maximum atomic E-state index is 5.93. The van der Waals surface area contributed by atoms with Gasteiger partial charge in [0, 0.05) is 25.3 Å². The first kappa shape index (κ1) is 16.2. The lowest BCUT2D eigenvalue weighted by molar-refractivity contribution is 0.773. The predicted octanol–water partition coefficient (Wildman–Crippen LogP) is 4.31. The van der Waals surface area contributed by atoms with E-state index in [1.807, 2.05) is 25.3 Å². The average molecular weight is 317 g/mol. The molecule has 2 aromatic carbocycles. The largest absolute Gasteiger partial charge is 0.348 e. The number of hydrogen-bond donors (Lipinski definition) is 1. The average Bonchev–Trinajstić information content (AvgIpc) is 2.63. The summed E-state index contributed by atoms with van der Waals surface area (Å²) in [5, 5.41) is 0. The van der Waals surface area contributed by atoms with E-state index in [1.54, 1.807) is 0 Å². The van der Waals surface area contributed by atoms with Crippen molar-refractivity contribution in [1.82, 2.24) is 4.98 Å². The van der Waals surface area contributed by atoms with Gasteiger partial charge in [-0.1, -0.05) is 66.7 Å². The summed E-state index contributed by atoms with van der Waals surface area (Å²) in [5.74, 6) is 0.965. The summed E-state index contributed by atoms with van der Waals surface area (Å²) in [7, 11) is 0. The highest BCUT2D eigenvalue weighted by Gasteiger charge is 2.10. The van der Waals surface area contributed by atoms with Gasteiger partial charge in [-0.2, -0.15) is 0 Å². The molecule has 3 rings (SSSR count). The lowest BCUT2D eigenvalue weighted by atomic mass is 10.1. The number of nitrogens with two attached hydrogens (primary N) is 1. The van der Waals surface area contributed by atoms with Gasteiger partial charge in [-0.3, -0.25) is 0 Å². The second kappa shape index (κ2) is 7.75. The lowest BCUT2D eigenvalue weighted by Crippen LogP contribution is -2.23. The molecule has 0 spiro atoms. The Labute approximate surface area is 143 Å². The molecule has 1 atom stereocenters. The van der Waals surface area contributed by atoms with E-state index < -0.39 is 0 Å². The summed E-state index contributed by atoms with van der Waals surface area (Å²) in [6, 6.07) is 25.1. The van der Waals surface area contributed by atoms with Crippen molar-refractivity contribution in [3.05, 3.63) is 95.7 Å². The van der Waals surface area contributed by atoms with Gasteiger partial charge in [-0.25, -0.2) is 4.98 Å². The van der Waals surface area contributed by atoms with E-state index in [9.17, 15) is 0 Å². The summed E-state index contributed by atoms with van der Waals surface area (Å²) in [4.78, 5) is 6.93. The zero-order chi connectivity index (χ0) is 16.8. The van der Waals surface area contributed by atoms with Crippen LogP contribution in [0.25, 0.3) is 0 Å². The zero-order valence-electron chi connectivity index (χ0n) is 14.0. The Bertz CT molecular complexity index is 696. The van der Waals surface area contributed by atoms with Crippen LogP contribution in [0, 0.1) is 0 Å². The van der Waals surface area contributed by atoms with Gasteiger partial charge in [0.1, 0.15) is 5.82 Å². The Kier molecular flexibility index (Phi) is 5.24. The molecule has 3 heteroatoms. The fourth-order valence-corrected chi connectivity index (χ4v) is 2.68. The van der Waals surface area contributed by atoms with E-state index in [4.69, 9.17) is 5.73 Å². The number of nitrogens with zero attached hydrogens (tertiary/aromatic N) is 2. The van der Waals surface area contributed by atoms with E-state index in [-0.39, 0.29) is 6.04 Å². The second-order valence-electron chi connectivity index (χ2n) is 6.07. The Morgan fingerprint density at radius 2 is 1.38 bits per heavy atom. The zero-order valence-corrected chi connectivity index (χ0v) is 14.0. The van der Waals surface area contributed by atoms with Crippen molar-refractivity contribution < 1.29 is 0 Å². The van der Waals surface area contributed by atoms with Gasteiger partial charge in [0.25, 0.3) is 0 Å². The monoisotopic (exact) mass is 317 g/mol. The summed E-state index contributed by atoms with van der Waals surface area (Å²) in [6.45, 7) is 3.61. The SMILES string of the molecule is C[C@H](N)c1ccc(N(Cc2ccccc2)Cc2ccccc2)nc1. The topological polar surface area (TPSA) is 42.1 Å². The molecular weight excluding hydrogens is 294 g/mol. The molecule has 122 valence electrons. The van der Waals surface area contributed by atoms with E-state index in [0.717, 1.165) is 24.5 Å². The molecule has 2 N–H and O–H groups in total. The van der Waals surface area contributed by atoms with Crippen molar-refractivity contribution in [1.29, 1.82) is 0 Å². The molecule has 1 heterocycles. The van der Waals surface area contributed by atoms with Crippen LogP contribution in [0.1, 0.15) is 29.7 Å². The van der Waals surface area contributed by atoms with Crippen LogP contribution in [0.15, 0.2) is 79.0 Å². The molecule has 0 saturated carbocycles. The van der Waals surface area contributed by atoms with Crippen molar-refractivity contribution in [3.63, 3.8) is 0 Å².